The molecule has 0 spiro atoms. The van der Waals surface area contributed by atoms with E-state index in [1.54, 1.807) is 14.2 Å². The zero-order valence-electron chi connectivity index (χ0n) is 8.86. The molecule has 0 aliphatic heterocycles. The number of hydrogen-bond acceptors (Lipinski definition) is 3. The van der Waals surface area contributed by atoms with Crippen molar-refractivity contribution in [3.05, 3.63) is 29.8 Å². The van der Waals surface area contributed by atoms with Gasteiger partial charge in [0.1, 0.15) is 5.75 Å². The Balaban J connectivity index is 2.78. The molecule has 0 aromatic heterocycles. The van der Waals surface area contributed by atoms with Gasteiger partial charge in [0.2, 0.25) is 0 Å². The van der Waals surface area contributed by atoms with Crippen molar-refractivity contribution in [3.63, 3.8) is 0 Å². The molecule has 1 atom stereocenters. The first-order valence-electron chi connectivity index (χ1n) is 4.70. The van der Waals surface area contributed by atoms with Crippen molar-refractivity contribution in [2.24, 2.45) is 0 Å². The number of hydrogen-bond donors (Lipinski definition) is 2. The van der Waals surface area contributed by atoms with Gasteiger partial charge in [-0.25, -0.2) is 0 Å². The number of carbonyl (C=O) groups is 1. The molecule has 1 aromatic rings. The Morgan fingerprint density at radius 3 is 2.47 bits per heavy atom. The Bertz CT molecular complexity index is 321. The molecule has 2 N–H and O–H groups in total. The summed E-state index contributed by atoms with van der Waals surface area (Å²) in [6.07, 6.45) is 0.0723. The highest BCUT2D eigenvalue weighted by molar-refractivity contribution is 5.67. The van der Waals surface area contributed by atoms with E-state index in [9.17, 15) is 4.79 Å². The molecule has 0 fully saturated rings. The lowest BCUT2D eigenvalue weighted by Gasteiger charge is -2.14. The van der Waals surface area contributed by atoms with E-state index in [0.717, 1.165) is 11.3 Å². The van der Waals surface area contributed by atoms with E-state index >= 15 is 0 Å². The summed E-state index contributed by atoms with van der Waals surface area (Å²) >= 11 is 0. The topological polar surface area (TPSA) is 58.6 Å². The summed E-state index contributed by atoms with van der Waals surface area (Å²) in [5.74, 6) is -0.0471. The van der Waals surface area contributed by atoms with Crippen molar-refractivity contribution < 1.29 is 14.6 Å². The maximum atomic E-state index is 10.6. The highest BCUT2D eigenvalue weighted by atomic mass is 16.5. The lowest BCUT2D eigenvalue weighted by Crippen LogP contribution is -2.19. The van der Waals surface area contributed by atoms with Gasteiger partial charge in [-0.2, -0.15) is 0 Å². The molecule has 4 heteroatoms. The second kappa shape index (κ2) is 5.36. The fourth-order valence-corrected chi connectivity index (χ4v) is 1.40. The molecule has 1 rings (SSSR count). The summed E-state index contributed by atoms with van der Waals surface area (Å²) in [7, 11) is 3.35. The van der Waals surface area contributed by atoms with Crippen LogP contribution in [0.1, 0.15) is 18.0 Å². The molecular weight excluding hydrogens is 194 g/mol. The van der Waals surface area contributed by atoms with Gasteiger partial charge in [-0.3, -0.25) is 4.79 Å². The number of rotatable bonds is 5. The standard InChI is InChI=1S/C11H15NO3/c1-12-10(7-11(13)14)8-3-5-9(15-2)6-4-8/h3-6,10,12H,7H2,1-2H3,(H,13,14). The Hall–Kier alpha value is -1.55. The molecule has 0 heterocycles. The molecule has 1 aromatic carbocycles. The third-order valence-electron chi connectivity index (χ3n) is 2.25. The van der Waals surface area contributed by atoms with Crippen molar-refractivity contribution in [3.8, 4) is 5.75 Å². The minimum atomic E-state index is -0.815. The zero-order chi connectivity index (χ0) is 11.3. The normalized spacial score (nSPS) is 12.1. The Kier molecular flexibility index (Phi) is 4.12. The average Bonchev–Trinajstić information content (AvgIpc) is 2.26. The van der Waals surface area contributed by atoms with E-state index in [2.05, 4.69) is 5.32 Å². The summed E-state index contributed by atoms with van der Waals surface area (Å²) in [6, 6.07) is 7.21. The van der Waals surface area contributed by atoms with E-state index in [0.29, 0.717) is 0 Å². The van der Waals surface area contributed by atoms with E-state index < -0.39 is 5.97 Å². The monoisotopic (exact) mass is 209 g/mol. The summed E-state index contributed by atoms with van der Waals surface area (Å²) in [6.45, 7) is 0. The predicted molar refractivity (Wildman–Crippen MR) is 57.0 cm³/mol. The Morgan fingerprint density at radius 1 is 1.47 bits per heavy atom. The number of carboxylic acids is 1. The van der Waals surface area contributed by atoms with E-state index in [4.69, 9.17) is 9.84 Å². The fraction of sp³-hybridized carbons (Fsp3) is 0.364. The van der Waals surface area contributed by atoms with Crippen LogP contribution in [0.2, 0.25) is 0 Å². The van der Waals surface area contributed by atoms with Crippen LogP contribution in [0.15, 0.2) is 24.3 Å². The molecule has 0 bridgehead atoms. The molecule has 4 nitrogen and oxygen atoms in total. The SMILES string of the molecule is CNC(CC(=O)O)c1ccc(OC)cc1. The summed E-state index contributed by atoms with van der Waals surface area (Å²) in [5.41, 5.74) is 0.945. The third-order valence-corrected chi connectivity index (χ3v) is 2.25. The third kappa shape index (κ3) is 3.25. The smallest absolute Gasteiger partial charge is 0.305 e. The van der Waals surface area contributed by atoms with E-state index in [1.807, 2.05) is 24.3 Å². The van der Waals surface area contributed by atoms with Crippen LogP contribution in [0.5, 0.6) is 5.75 Å². The molecule has 15 heavy (non-hydrogen) atoms. The lowest BCUT2D eigenvalue weighted by atomic mass is 10.0. The number of carboxylic acid groups (broad SMARTS) is 1. The van der Waals surface area contributed by atoms with Gasteiger partial charge in [-0.15, -0.1) is 0 Å². The van der Waals surface area contributed by atoms with Crippen LogP contribution in [0.3, 0.4) is 0 Å². The van der Waals surface area contributed by atoms with Gasteiger partial charge < -0.3 is 15.2 Å². The van der Waals surface area contributed by atoms with Crippen LogP contribution in [-0.2, 0) is 4.79 Å². The maximum Gasteiger partial charge on any atom is 0.305 e. The molecule has 82 valence electrons. The summed E-state index contributed by atoms with van der Waals surface area (Å²) in [4.78, 5) is 10.6. The van der Waals surface area contributed by atoms with Crippen LogP contribution in [0.4, 0.5) is 0 Å². The number of aliphatic carboxylic acids is 1. The van der Waals surface area contributed by atoms with E-state index in [1.165, 1.54) is 0 Å². The second-order valence-electron chi connectivity index (χ2n) is 3.21. The van der Waals surface area contributed by atoms with Crippen molar-refractivity contribution in [2.75, 3.05) is 14.2 Å². The second-order valence-corrected chi connectivity index (χ2v) is 3.21. The van der Waals surface area contributed by atoms with Gasteiger partial charge in [-0.05, 0) is 24.7 Å². The van der Waals surface area contributed by atoms with Gasteiger partial charge in [0, 0.05) is 6.04 Å². The van der Waals surface area contributed by atoms with Gasteiger partial charge in [-0.1, -0.05) is 12.1 Å². The van der Waals surface area contributed by atoms with E-state index in [-0.39, 0.29) is 12.5 Å². The minimum Gasteiger partial charge on any atom is -0.497 e. The van der Waals surface area contributed by atoms with Crippen molar-refractivity contribution in [1.82, 2.24) is 5.32 Å². The molecular formula is C11H15NO3. The molecule has 0 radical (unpaired) electrons. The first-order valence-corrected chi connectivity index (χ1v) is 4.70. The van der Waals surface area contributed by atoms with Crippen LogP contribution in [0, 0.1) is 0 Å². The molecule has 1 unspecified atom stereocenters. The van der Waals surface area contributed by atoms with Crippen LogP contribution >= 0.6 is 0 Å². The fourth-order valence-electron chi connectivity index (χ4n) is 1.40. The molecule has 0 saturated heterocycles. The minimum absolute atomic E-state index is 0.0723. The van der Waals surface area contributed by atoms with Gasteiger partial charge in [0.25, 0.3) is 0 Å². The van der Waals surface area contributed by atoms with Crippen LogP contribution in [0.25, 0.3) is 0 Å². The number of nitrogens with one attached hydrogen (secondary N) is 1. The van der Waals surface area contributed by atoms with Crippen LogP contribution < -0.4 is 10.1 Å². The molecule has 0 aliphatic rings. The predicted octanol–water partition coefficient (Wildman–Crippen LogP) is 1.43. The molecule has 0 amide bonds. The highest BCUT2D eigenvalue weighted by Crippen LogP contribution is 2.19. The number of methoxy groups -OCH3 is 1. The zero-order valence-corrected chi connectivity index (χ0v) is 8.86. The average molecular weight is 209 g/mol. The number of benzene rings is 1. The molecule has 0 aliphatic carbocycles. The maximum absolute atomic E-state index is 10.6. The van der Waals surface area contributed by atoms with Gasteiger partial charge in [0.05, 0.1) is 13.5 Å². The lowest BCUT2D eigenvalue weighted by molar-refractivity contribution is -0.137. The van der Waals surface area contributed by atoms with Crippen molar-refractivity contribution >= 4 is 5.97 Å². The van der Waals surface area contributed by atoms with Gasteiger partial charge >= 0.3 is 5.97 Å². The quantitative estimate of drug-likeness (QED) is 0.770. The largest absolute Gasteiger partial charge is 0.497 e. The summed E-state index contributed by atoms with van der Waals surface area (Å²) < 4.78 is 5.03. The Morgan fingerprint density at radius 2 is 2.07 bits per heavy atom. The van der Waals surface area contributed by atoms with Crippen molar-refractivity contribution in [2.45, 2.75) is 12.5 Å². The number of ether oxygens (including phenoxy) is 1. The highest BCUT2D eigenvalue weighted by Gasteiger charge is 2.12. The molecule has 0 saturated carbocycles. The van der Waals surface area contributed by atoms with Crippen molar-refractivity contribution in [1.29, 1.82) is 0 Å². The first kappa shape index (κ1) is 11.5. The Labute approximate surface area is 88.9 Å². The van der Waals surface area contributed by atoms with Crippen LogP contribution in [-0.4, -0.2) is 25.2 Å². The first-order chi connectivity index (χ1) is 7.17. The summed E-state index contributed by atoms with van der Waals surface area (Å²) in [5, 5.41) is 11.7. The van der Waals surface area contributed by atoms with Gasteiger partial charge in [0.15, 0.2) is 0 Å².